The first kappa shape index (κ1) is 16.8. The van der Waals surface area contributed by atoms with Crippen molar-refractivity contribution in [3.63, 3.8) is 0 Å². The van der Waals surface area contributed by atoms with E-state index in [2.05, 4.69) is 40.9 Å². The molecule has 1 unspecified atom stereocenters. The summed E-state index contributed by atoms with van der Waals surface area (Å²) < 4.78 is 11.0. The Morgan fingerprint density at radius 2 is 2.05 bits per heavy atom. The van der Waals surface area contributed by atoms with Crippen LogP contribution in [0.15, 0.2) is 48.8 Å². The molecule has 0 spiro atoms. The lowest BCUT2D eigenvalue weighted by Gasteiger charge is -2.30. The topological polar surface area (TPSA) is 21.8 Å². The third kappa shape index (κ3) is 5.79. The third-order valence-electron chi connectivity index (χ3n) is 3.90. The molecule has 1 fully saturated rings. The fourth-order valence-electron chi connectivity index (χ4n) is 1.68. The first-order valence-corrected chi connectivity index (χ1v) is 7.28. The highest BCUT2D eigenvalue weighted by Crippen LogP contribution is 2.35. The summed E-state index contributed by atoms with van der Waals surface area (Å²) in [7, 11) is 0. The van der Waals surface area contributed by atoms with E-state index in [-0.39, 0.29) is 11.5 Å². The highest BCUT2D eigenvalue weighted by molar-refractivity contribution is 5.28. The third-order valence-corrected chi connectivity index (χ3v) is 3.90. The summed E-state index contributed by atoms with van der Waals surface area (Å²) in [5, 5.41) is 0. The Hall–Kier alpha value is -1.28. The molecule has 0 saturated carbocycles. The lowest BCUT2D eigenvalue weighted by molar-refractivity contribution is 0.179. The molecule has 0 aromatic carbocycles. The van der Waals surface area contributed by atoms with E-state index in [1.165, 1.54) is 0 Å². The molecule has 20 heavy (non-hydrogen) atoms. The van der Waals surface area contributed by atoms with Gasteiger partial charge in [-0.2, -0.15) is 0 Å². The molecular weight excluding hydrogens is 248 g/mol. The standard InChI is InChI=1S/C18H28O2/c1-7-8-9-10-17(20-13-16-12-19-16)15(4)11-18(5,6)14(2)3/h7-10,14,16H,1,4,11-13H2,2-3,5-6H3/b9-8-,17-10+. The van der Waals surface area contributed by atoms with E-state index < -0.39 is 0 Å². The van der Waals surface area contributed by atoms with Crippen molar-refractivity contribution in [3.8, 4) is 0 Å². The molecule has 0 radical (unpaired) electrons. The minimum Gasteiger partial charge on any atom is -0.491 e. The summed E-state index contributed by atoms with van der Waals surface area (Å²) in [6.07, 6.45) is 8.71. The van der Waals surface area contributed by atoms with Gasteiger partial charge in [0, 0.05) is 0 Å². The highest BCUT2D eigenvalue weighted by atomic mass is 16.6. The second kappa shape index (κ2) is 7.49. The molecule has 0 aliphatic carbocycles. The molecule has 0 bridgehead atoms. The molecule has 2 nitrogen and oxygen atoms in total. The van der Waals surface area contributed by atoms with Gasteiger partial charge in [0.05, 0.1) is 6.61 Å². The average molecular weight is 276 g/mol. The number of rotatable bonds is 9. The van der Waals surface area contributed by atoms with Crippen LogP contribution in [0, 0.1) is 11.3 Å². The van der Waals surface area contributed by atoms with Crippen molar-refractivity contribution in [2.75, 3.05) is 13.2 Å². The summed E-state index contributed by atoms with van der Waals surface area (Å²) >= 11 is 0. The molecule has 0 amide bonds. The Morgan fingerprint density at radius 1 is 1.40 bits per heavy atom. The van der Waals surface area contributed by atoms with Crippen molar-refractivity contribution in [2.24, 2.45) is 11.3 Å². The zero-order valence-corrected chi connectivity index (χ0v) is 13.3. The van der Waals surface area contributed by atoms with Gasteiger partial charge in [0.1, 0.15) is 18.5 Å². The highest BCUT2D eigenvalue weighted by Gasteiger charge is 2.26. The van der Waals surface area contributed by atoms with Crippen LogP contribution < -0.4 is 0 Å². The minimum atomic E-state index is 0.206. The van der Waals surface area contributed by atoms with Gasteiger partial charge in [0.2, 0.25) is 0 Å². The van der Waals surface area contributed by atoms with Gasteiger partial charge in [0.25, 0.3) is 0 Å². The molecule has 1 heterocycles. The second-order valence-corrected chi connectivity index (χ2v) is 6.34. The largest absolute Gasteiger partial charge is 0.491 e. The van der Waals surface area contributed by atoms with Gasteiger partial charge in [-0.05, 0) is 29.4 Å². The second-order valence-electron chi connectivity index (χ2n) is 6.34. The van der Waals surface area contributed by atoms with Gasteiger partial charge < -0.3 is 9.47 Å². The molecule has 1 aliphatic heterocycles. The van der Waals surface area contributed by atoms with Gasteiger partial charge in [-0.25, -0.2) is 0 Å². The molecule has 1 saturated heterocycles. The summed E-state index contributed by atoms with van der Waals surface area (Å²) in [6.45, 7) is 18.3. The Morgan fingerprint density at radius 3 is 2.55 bits per heavy atom. The first-order valence-electron chi connectivity index (χ1n) is 7.28. The van der Waals surface area contributed by atoms with Crippen LogP contribution in [0.25, 0.3) is 0 Å². The molecular formula is C18H28O2. The number of allylic oxidation sites excluding steroid dienone is 5. The van der Waals surface area contributed by atoms with Crippen LogP contribution in [0.4, 0.5) is 0 Å². The summed E-state index contributed by atoms with van der Waals surface area (Å²) in [5.41, 5.74) is 1.25. The average Bonchev–Trinajstić information content (AvgIpc) is 3.16. The van der Waals surface area contributed by atoms with E-state index in [0.717, 1.165) is 24.4 Å². The van der Waals surface area contributed by atoms with Crippen molar-refractivity contribution < 1.29 is 9.47 Å². The zero-order chi connectivity index (χ0) is 15.2. The van der Waals surface area contributed by atoms with Crippen LogP contribution in [0.5, 0.6) is 0 Å². The van der Waals surface area contributed by atoms with E-state index >= 15 is 0 Å². The minimum absolute atomic E-state index is 0.206. The van der Waals surface area contributed by atoms with Crippen LogP contribution in [-0.2, 0) is 9.47 Å². The van der Waals surface area contributed by atoms with E-state index in [1.54, 1.807) is 6.08 Å². The number of ether oxygens (including phenoxy) is 2. The molecule has 2 heteroatoms. The first-order chi connectivity index (χ1) is 9.36. The lowest BCUT2D eigenvalue weighted by atomic mass is 9.76. The molecule has 0 aromatic rings. The van der Waals surface area contributed by atoms with Crippen molar-refractivity contribution in [1.29, 1.82) is 0 Å². The van der Waals surface area contributed by atoms with Crippen molar-refractivity contribution in [2.45, 2.75) is 40.2 Å². The summed E-state index contributed by atoms with van der Waals surface area (Å²) in [4.78, 5) is 0. The molecule has 112 valence electrons. The number of hydrogen-bond acceptors (Lipinski definition) is 2. The SMILES string of the molecule is C=C/C=C\C=C(\OCC1CO1)C(=C)CC(C)(C)C(C)C. The lowest BCUT2D eigenvalue weighted by Crippen LogP contribution is -2.20. The van der Waals surface area contributed by atoms with Gasteiger partial charge in [0.15, 0.2) is 0 Å². The maximum absolute atomic E-state index is 5.85. The van der Waals surface area contributed by atoms with Crippen LogP contribution in [0.3, 0.4) is 0 Å². The van der Waals surface area contributed by atoms with Gasteiger partial charge >= 0.3 is 0 Å². The Bertz CT molecular complexity index is 396. The fraction of sp³-hybridized carbons (Fsp3) is 0.556. The van der Waals surface area contributed by atoms with Crippen LogP contribution in [0.2, 0.25) is 0 Å². The quantitative estimate of drug-likeness (QED) is 0.347. The van der Waals surface area contributed by atoms with Gasteiger partial charge in [-0.1, -0.05) is 59.1 Å². The number of epoxide rings is 1. The zero-order valence-electron chi connectivity index (χ0n) is 13.3. The van der Waals surface area contributed by atoms with E-state index in [0.29, 0.717) is 12.5 Å². The fourth-order valence-corrected chi connectivity index (χ4v) is 1.68. The predicted molar refractivity (Wildman–Crippen MR) is 85.5 cm³/mol. The van der Waals surface area contributed by atoms with E-state index in [4.69, 9.17) is 9.47 Å². The predicted octanol–water partition coefficient (Wildman–Crippen LogP) is 4.66. The van der Waals surface area contributed by atoms with Crippen LogP contribution in [0.1, 0.15) is 34.1 Å². The monoisotopic (exact) mass is 276 g/mol. The molecule has 1 atom stereocenters. The summed E-state index contributed by atoms with van der Waals surface area (Å²) in [5.74, 6) is 1.45. The van der Waals surface area contributed by atoms with Gasteiger partial charge in [-0.15, -0.1) is 0 Å². The smallest absolute Gasteiger partial charge is 0.122 e. The molecule has 0 N–H and O–H groups in total. The van der Waals surface area contributed by atoms with Crippen molar-refractivity contribution in [1.82, 2.24) is 0 Å². The van der Waals surface area contributed by atoms with E-state index in [1.807, 2.05) is 18.2 Å². The van der Waals surface area contributed by atoms with Crippen molar-refractivity contribution in [3.05, 3.63) is 48.8 Å². The van der Waals surface area contributed by atoms with Crippen molar-refractivity contribution >= 4 is 0 Å². The molecule has 0 aromatic heterocycles. The Balaban J connectivity index is 2.69. The molecule has 1 aliphatic rings. The maximum atomic E-state index is 5.85. The van der Waals surface area contributed by atoms with E-state index in [9.17, 15) is 0 Å². The molecule has 1 rings (SSSR count). The van der Waals surface area contributed by atoms with Crippen LogP contribution >= 0.6 is 0 Å². The summed E-state index contributed by atoms with van der Waals surface area (Å²) in [6, 6.07) is 0. The van der Waals surface area contributed by atoms with Gasteiger partial charge in [-0.3, -0.25) is 0 Å². The Kier molecular flexibility index (Phi) is 6.28. The maximum Gasteiger partial charge on any atom is 0.122 e. The number of hydrogen-bond donors (Lipinski definition) is 0. The Labute approximate surface area is 123 Å². The van der Waals surface area contributed by atoms with Crippen LogP contribution in [-0.4, -0.2) is 19.3 Å². The normalized spacial score (nSPS) is 19.4.